The van der Waals surface area contributed by atoms with Gasteiger partial charge in [0.05, 0.1) is 7.11 Å². The van der Waals surface area contributed by atoms with Crippen LogP contribution < -0.4 is 10.1 Å². The zero-order valence-electron chi connectivity index (χ0n) is 15.4. The first-order valence-corrected chi connectivity index (χ1v) is 9.07. The molecule has 0 radical (unpaired) electrons. The second-order valence-corrected chi connectivity index (χ2v) is 6.63. The molecule has 1 fully saturated rings. The van der Waals surface area contributed by atoms with Crippen molar-refractivity contribution in [3.63, 3.8) is 0 Å². The van der Waals surface area contributed by atoms with E-state index in [1.54, 1.807) is 7.11 Å². The molecule has 1 N–H and O–H groups in total. The highest BCUT2D eigenvalue weighted by Crippen LogP contribution is 2.28. The average Bonchev–Trinajstić information content (AvgIpc) is 3.15. The SMILES string of the molecule is CNCC1CCN(C(=O)C(=Cc2ccccc2OC)c2ccccc2)C1. The van der Waals surface area contributed by atoms with Crippen LogP contribution in [0.2, 0.25) is 0 Å². The van der Waals surface area contributed by atoms with E-state index in [4.69, 9.17) is 4.74 Å². The van der Waals surface area contributed by atoms with Crippen molar-refractivity contribution in [2.45, 2.75) is 6.42 Å². The fourth-order valence-electron chi connectivity index (χ4n) is 3.47. The zero-order chi connectivity index (χ0) is 18.4. The van der Waals surface area contributed by atoms with Gasteiger partial charge >= 0.3 is 0 Å². The number of ether oxygens (including phenoxy) is 1. The van der Waals surface area contributed by atoms with Gasteiger partial charge in [-0.15, -0.1) is 0 Å². The average molecular weight is 350 g/mol. The molecular weight excluding hydrogens is 324 g/mol. The van der Waals surface area contributed by atoms with Crippen molar-refractivity contribution in [3.05, 3.63) is 65.7 Å². The highest BCUT2D eigenvalue weighted by atomic mass is 16.5. The van der Waals surface area contributed by atoms with Gasteiger partial charge in [-0.3, -0.25) is 4.79 Å². The van der Waals surface area contributed by atoms with Crippen molar-refractivity contribution >= 4 is 17.6 Å². The van der Waals surface area contributed by atoms with Gasteiger partial charge in [0, 0.05) is 24.2 Å². The number of hydrogen-bond donors (Lipinski definition) is 1. The van der Waals surface area contributed by atoms with Gasteiger partial charge in [0.2, 0.25) is 0 Å². The summed E-state index contributed by atoms with van der Waals surface area (Å²) in [5.74, 6) is 1.37. The van der Waals surface area contributed by atoms with E-state index in [0.717, 1.165) is 42.9 Å². The Morgan fingerprint density at radius 3 is 2.65 bits per heavy atom. The van der Waals surface area contributed by atoms with Crippen LogP contribution in [0.25, 0.3) is 11.6 Å². The molecule has 1 amide bonds. The number of amides is 1. The Morgan fingerprint density at radius 1 is 1.19 bits per heavy atom. The van der Waals surface area contributed by atoms with Crippen molar-refractivity contribution in [2.75, 3.05) is 33.8 Å². The topological polar surface area (TPSA) is 41.6 Å². The van der Waals surface area contributed by atoms with Gasteiger partial charge in [-0.05, 0) is 43.6 Å². The lowest BCUT2D eigenvalue weighted by molar-refractivity contribution is -0.124. The summed E-state index contributed by atoms with van der Waals surface area (Å²) in [6, 6.07) is 17.6. The van der Waals surface area contributed by atoms with Gasteiger partial charge in [-0.1, -0.05) is 48.5 Å². The Kier molecular flexibility index (Phi) is 6.08. The molecule has 0 aromatic heterocycles. The molecule has 0 bridgehead atoms. The van der Waals surface area contributed by atoms with Crippen LogP contribution in [0.1, 0.15) is 17.5 Å². The van der Waals surface area contributed by atoms with E-state index in [9.17, 15) is 4.79 Å². The predicted molar refractivity (Wildman–Crippen MR) is 106 cm³/mol. The monoisotopic (exact) mass is 350 g/mol. The number of methoxy groups -OCH3 is 1. The fraction of sp³-hybridized carbons (Fsp3) is 0.318. The molecule has 2 aromatic rings. The quantitative estimate of drug-likeness (QED) is 0.642. The molecule has 4 nitrogen and oxygen atoms in total. The third-order valence-corrected chi connectivity index (χ3v) is 4.82. The van der Waals surface area contributed by atoms with Crippen molar-refractivity contribution in [2.24, 2.45) is 5.92 Å². The lowest BCUT2D eigenvalue weighted by Crippen LogP contribution is -2.31. The van der Waals surface area contributed by atoms with E-state index in [1.807, 2.05) is 72.6 Å². The number of likely N-dealkylation sites (tertiary alicyclic amines) is 1. The molecule has 0 aliphatic carbocycles. The molecule has 1 aliphatic rings. The Morgan fingerprint density at radius 2 is 1.92 bits per heavy atom. The zero-order valence-corrected chi connectivity index (χ0v) is 15.4. The van der Waals surface area contributed by atoms with Crippen LogP contribution in [0.3, 0.4) is 0 Å². The highest BCUT2D eigenvalue weighted by Gasteiger charge is 2.28. The molecule has 26 heavy (non-hydrogen) atoms. The molecule has 1 heterocycles. The number of nitrogens with zero attached hydrogens (tertiary/aromatic N) is 1. The summed E-state index contributed by atoms with van der Waals surface area (Å²) >= 11 is 0. The molecule has 0 saturated carbocycles. The van der Waals surface area contributed by atoms with E-state index in [-0.39, 0.29) is 5.91 Å². The van der Waals surface area contributed by atoms with Gasteiger partial charge in [0.15, 0.2) is 0 Å². The first-order valence-electron chi connectivity index (χ1n) is 9.07. The predicted octanol–water partition coefficient (Wildman–Crippen LogP) is 3.30. The summed E-state index contributed by atoms with van der Waals surface area (Å²) < 4.78 is 5.46. The lowest BCUT2D eigenvalue weighted by Gasteiger charge is -2.19. The fourth-order valence-corrected chi connectivity index (χ4v) is 3.47. The van der Waals surface area contributed by atoms with Crippen LogP contribution in [-0.2, 0) is 4.79 Å². The number of rotatable bonds is 6. The van der Waals surface area contributed by atoms with Gasteiger partial charge < -0.3 is 15.0 Å². The van der Waals surface area contributed by atoms with E-state index >= 15 is 0 Å². The summed E-state index contributed by atoms with van der Waals surface area (Å²) in [6.45, 7) is 2.55. The van der Waals surface area contributed by atoms with Gasteiger partial charge in [0.25, 0.3) is 5.91 Å². The maximum Gasteiger partial charge on any atom is 0.254 e. The second kappa shape index (κ2) is 8.68. The van der Waals surface area contributed by atoms with E-state index in [0.29, 0.717) is 11.5 Å². The summed E-state index contributed by atoms with van der Waals surface area (Å²) in [5, 5.41) is 3.22. The Bertz CT molecular complexity index is 771. The molecular formula is C22H26N2O2. The molecule has 2 aromatic carbocycles. The van der Waals surface area contributed by atoms with Gasteiger partial charge in [-0.2, -0.15) is 0 Å². The highest BCUT2D eigenvalue weighted by molar-refractivity contribution is 6.24. The lowest BCUT2D eigenvalue weighted by atomic mass is 10.0. The Balaban J connectivity index is 1.94. The minimum absolute atomic E-state index is 0.0840. The van der Waals surface area contributed by atoms with Crippen molar-refractivity contribution < 1.29 is 9.53 Å². The van der Waals surface area contributed by atoms with Crippen molar-refractivity contribution in [1.29, 1.82) is 0 Å². The molecule has 3 rings (SSSR count). The second-order valence-electron chi connectivity index (χ2n) is 6.63. The van der Waals surface area contributed by atoms with Crippen molar-refractivity contribution in [1.82, 2.24) is 10.2 Å². The smallest absolute Gasteiger partial charge is 0.254 e. The van der Waals surface area contributed by atoms with Crippen LogP contribution in [-0.4, -0.2) is 44.6 Å². The molecule has 0 spiro atoms. The number of nitrogens with one attached hydrogen (secondary N) is 1. The van der Waals surface area contributed by atoms with Gasteiger partial charge in [0.1, 0.15) is 5.75 Å². The maximum absolute atomic E-state index is 13.3. The van der Waals surface area contributed by atoms with E-state index in [1.165, 1.54) is 0 Å². The molecule has 136 valence electrons. The normalized spacial score (nSPS) is 17.4. The van der Waals surface area contributed by atoms with E-state index < -0.39 is 0 Å². The van der Waals surface area contributed by atoms with Crippen molar-refractivity contribution in [3.8, 4) is 5.75 Å². The van der Waals surface area contributed by atoms with Crippen LogP contribution in [0.15, 0.2) is 54.6 Å². The minimum Gasteiger partial charge on any atom is -0.496 e. The summed E-state index contributed by atoms with van der Waals surface area (Å²) in [7, 11) is 3.61. The minimum atomic E-state index is 0.0840. The molecule has 1 atom stereocenters. The molecule has 1 unspecified atom stereocenters. The van der Waals surface area contributed by atoms with Gasteiger partial charge in [-0.25, -0.2) is 0 Å². The van der Waals surface area contributed by atoms with Crippen LogP contribution in [0.4, 0.5) is 0 Å². The Hall–Kier alpha value is -2.59. The largest absolute Gasteiger partial charge is 0.496 e. The Labute approximate surface area is 155 Å². The number of para-hydroxylation sites is 1. The maximum atomic E-state index is 13.3. The van der Waals surface area contributed by atoms with E-state index in [2.05, 4.69) is 5.32 Å². The first-order chi connectivity index (χ1) is 12.7. The van der Waals surface area contributed by atoms with Crippen LogP contribution in [0.5, 0.6) is 5.75 Å². The number of carbonyl (C=O) groups excluding carboxylic acids is 1. The van der Waals surface area contributed by atoms with Crippen LogP contribution >= 0.6 is 0 Å². The van der Waals surface area contributed by atoms with Crippen LogP contribution in [0, 0.1) is 5.92 Å². The summed E-state index contributed by atoms with van der Waals surface area (Å²) in [6.07, 6.45) is 2.99. The molecule has 1 aliphatic heterocycles. The third kappa shape index (κ3) is 4.14. The molecule has 1 saturated heterocycles. The number of benzene rings is 2. The number of hydrogen-bond acceptors (Lipinski definition) is 3. The standard InChI is InChI=1S/C22H26N2O2/c1-23-15-17-12-13-24(16-17)22(25)20(18-8-4-3-5-9-18)14-19-10-6-7-11-21(19)26-2/h3-11,14,17,23H,12-13,15-16H2,1-2H3. The summed E-state index contributed by atoms with van der Waals surface area (Å²) in [5.41, 5.74) is 2.55. The summed E-state index contributed by atoms with van der Waals surface area (Å²) in [4.78, 5) is 15.3. The first kappa shape index (κ1) is 18.2. The molecule has 4 heteroatoms. The third-order valence-electron chi connectivity index (χ3n) is 4.82. The number of carbonyl (C=O) groups is 1.